The minimum Gasteiger partial charge on any atom is -0.351 e. The molecule has 0 spiro atoms. The summed E-state index contributed by atoms with van der Waals surface area (Å²) in [6, 6.07) is 17.3. The number of thioether (sulfide) groups is 1. The molecule has 8 nitrogen and oxygen atoms in total. The highest BCUT2D eigenvalue weighted by atomic mass is 79.9. The summed E-state index contributed by atoms with van der Waals surface area (Å²) in [6.07, 6.45) is 3.37. The Hall–Kier alpha value is -2.92. The monoisotopic (exact) mass is 640 g/mol. The second-order valence-electron chi connectivity index (χ2n) is 9.57. The molecule has 11 heteroatoms. The Morgan fingerprint density at radius 3 is 2.58 bits per heavy atom. The normalized spacial score (nSPS) is 13.6. The van der Waals surface area contributed by atoms with E-state index < -0.39 is 0 Å². The van der Waals surface area contributed by atoms with Gasteiger partial charge in [-0.05, 0) is 83.5 Å². The summed E-state index contributed by atoms with van der Waals surface area (Å²) < 4.78 is 2.46. The van der Waals surface area contributed by atoms with Crippen molar-refractivity contribution in [1.29, 1.82) is 0 Å². The van der Waals surface area contributed by atoms with Gasteiger partial charge in [0.25, 0.3) is 5.91 Å². The van der Waals surface area contributed by atoms with Crippen molar-refractivity contribution >= 4 is 67.6 Å². The van der Waals surface area contributed by atoms with Crippen LogP contribution in [-0.2, 0) is 11.2 Å². The lowest BCUT2D eigenvalue weighted by Crippen LogP contribution is -2.33. The molecule has 3 aromatic carbocycles. The molecule has 0 bridgehead atoms. The van der Waals surface area contributed by atoms with Gasteiger partial charge in [0.05, 0.1) is 22.2 Å². The zero-order valence-electron chi connectivity index (χ0n) is 22.1. The van der Waals surface area contributed by atoms with E-state index in [1.807, 2.05) is 16.7 Å². The molecule has 0 aliphatic carbocycles. The summed E-state index contributed by atoms with van der Waals surface area (Å²) in [4.78, 5) is 27.7. The first kappa shape index (κ1) is 28.6. The largest absolute Gasteiger partial charge is 0.351 e. The lowest BCUT2D eigenvalue weighted by Gasteiger charge is -2.15. The third-order valence-corrected chi connectivity index (χ3v) is 8.71. The average molecular weight is 642 g/mol. The highest BCUT2D eigenvalue weighted by molar-refractivity contribution is 9.10. The van der Waals surface area contributed by atoms with Crippen LogP contribution in [0.5, 0.6) is 0 Å². The van der Waals surface area contributed by atoms with E-state index in [2.05, 4.69) is 72.8 Å². The summed E-state index contributed by atoms with van der Waals surface area (Å²) in [5.74, 6) is -0.323. The number of rotatable bonds is 10. The van der Waals surface area contributed by atoms with Crippen molar-refractivity contribution < 1.29 is 9.59 Å². The third kappa shape index (κ3) is 6.52. The summed E-state index contributed by atoms with van der Waals surface area (Å²) in [5, 5.41) is 17.4. The number of fused-ring (bicyclic) bond motifs is 1. The molecule has 0 radical (unpaired) electrons. The van der Waals surface area contributed by atoms with Gasteiger partial charge in [0.15, 0.2) is 5.16 Å². The number of amides is 2. The summed E-state index contributed by atoms with van der Waals surface area (Å²) in [7, 11) is 0. The predicted molar refractivity (Wildman–Crippen MR) is 165 cm³/mol. The smallest absolute Gasteiger partial charge is 0.251 e. The molecule has 1 fully saturated rings. The Morgan fingerprint density at radius 1 is 1.05 bits per heavy atom. The molecule has 208 valence electrons. The van der Waals surface area contributed by atoms with E-state index in [4.69, 9.17) is 11.6 Å². The van der Waals surface area contributed by atoms with E-state index in [-0.39, 0.29) is 17.6 Å². The number of nitrogens with one attached hydrogen (secondary N) is 2. The quantitative estimate of drug-likeness (QED) is 0.208. The molecule has 5 rings (SSSR count). The number of carbonyl (C=O) groups excluding carboxylic acids is 2. The molecule has 1 aliphatic rings. The number of aromatic nitrogens is 3. The predicted octanol–water partition coefficient (Wildman–Crippen LogP) is 5.96. The Morgan fingerprint density at radius 2 is 1.82 bits per heavy atom. The average Bonchev–Trinajstić information content (AvgIpc) is 3.62. The van der Waals surface area contributed by atoms with Gasteiger partial charge in [-0.15, -0.1) is 10.2 Å². The van der Waals surface area contributed by atoms with Gasteiger partial charge in [-0.1, -0.05) is 60.6 Å². The van der Waals surface area contributed by atoms with E-state index in [9.17, 15) is 9.59 Å². The minimum atomic E-state index is -0.244. The highest BCUT2D eigenvalue weighted by Crippen LogP contribution is 2.32. The first-order valence-electron chi connectivity index (χ1n) is 13.3. The molecule has 40 heavy (non-hydrogen) atoms. The maximum Gasteiger partial charge on any atom is 0.251 e. The first-order valence-corrected chi connectivity index (χ1v) is 15.4. The number of anilines is 1. The van der Waals surface area contributed by atoms with Crippen LogP contribution in [0.4, 0.5) is 5.69 Å². The molecule has 0 saturated carbocycles. The van der Waals surface area contributed by atoms with Crippen LogP contribution in [0.1, 0.15) is 35.7 Å². The fourth-order valence-electron chi connectivity index (χ4n) is 4.91. The number of hydrogen-bond acceptors (Lipinski definition) is 6. The van der Waals surface area contributed by atoms with E-state index in [1.165, 1.54) is 35.6 Å². The number of aryl methyl sites for hydroxylation is 1. The number of likely N-dealkylation sites (tertiary alicyclic amines) is 1. The number of benzene rings is 3. The molecular weight excluding hydrogens is 612 g/mol. The van der Waals surface area contributed by atoms with Gasteiger partial charge >= 0.3 is 0 Å². The van der Waals surface area contributed by atoms with Crippen molar-refractivity contribution in [3.05, 3.63) is 75.5 Å². The second kappa shape index (κ2) is 13.2. The van der Waals surface area contributed by atoms with Gasteiger partial charge in [-0.2, -0.15) is 0 Å². The molecular formula is C29H30BrClN6O2S. The maximum atomic E-state index is 12.8. The first-order chi connectivity index (χ1) is 19.4. The Bertz CT molecular complexity index is 1540. The number of carbonyl (C=O) groups is 2. The van der Waals surface area contributed by atoms with E-state index in [0.717, 1.165) is 37.1 Å². The molecule has 0 unspecified atom stereocenters. The van der Waals surface area contributed by atoms with Crippen molar-refractivity contribution in [2.24, 2.45) is 0 Å². The molecule has 1 aromatic heterocycles. The van der Waals surface area contributed by atoms with Crippen LogP contribution in [-0.4, -0.2) is 63.4 Å². The van der Waals surface area contributed by atoms with Crippen LogP contribution in [0.2, 0.25) is 5.02 Å². The molecule has 2 N–H and O–H groups in total. The van der Waals surface area contributed by atoms with Gasteiger partial charge in [0, 0.05) is 24.0 Å². The molecule has 1 saturated heterocycles. The Balaban J connectivity index is 1.22. The van der Waals surface area contributed by atoms with Gasteiger partial charge < -0.3 is 15.5 Å². The summed E-state index contributed by atoms with van der Waals surface area (Å²) in [6.45, 7) is 5.75. The molecule has 4 aromatic rings. The van der Waals surface area contributed by atoms with Crippen molar-refractivity contribution in [2.45, 2.75) is 31.3 Å². The summed E-state index contributed by atoms with van der Waals surface area (Å²) >= 11 is 11.2. The molecule has 0 atom stereocenters. The lowest BCUT2D eigenvalue weighted by atomic mass is 10.0. The Labute approximate surface area is 251 Å². The van der Waals surface area contributed by atoms with Crippen LogP contribution in [0.3, 0.4) is 0 Å². The minimum absolute atomic E-state index is 0.102. The van der Waals surface area contributed by atoms with Crippen molar-refractivity contribution in [1.82, 2.24) is 25.0 Å². The van der Waals surface area contributed by atoms with E-state index >= 15 is 0 Å². The standard InChI is InChI=1S/C29H30BrClN6O2S/c1-2-19-10-12-25(22-8-4-3-7-21(19)22)37-28(30)34-35-29(37)40-18-26(38)33-24-11-9-20(17-23(24)31)27(39)32-13-16-36-14-5-6-15-36/h3-4,7-12,17H,2,5-6,13-16,18H2,1H3,(H,32,39)(H,33,38). The molecule has 2 amide bonds. The van der Waals surface area contributed by atoms with Crippen LogP contribution in [0.25, 0.3) is 16.5 Å². The van der Waals surface area contributed by atoms with Crippen molar-refractivity contribution in [3.63, 3.8) is 0 Å². The van der Waals surface area contributed by atoms with Crippen LogP contribution in [0.15, 0.2) is 64.5 Å². The van der Waals surface area contributed by atoms with Crippen LogP contribution < -0.4 is 10.6 Å². The fourth-order valence-corrected chi connectivity index (χ4v) is 6.44. The van der Waals surface area contributed by atoms with E-state index in [1.54, 1.807) is 18.2 Å². The van der Waals surface area contributed by atoms with E-state index in [0.29, 0.717) is 32.7 Å². The van der Waals surface area contributed by atoms with Crippen LogP contribution >= 0.6 is 39.3 Å². The second-order valence-corrected chi connectivity index (χ2v) is 11.6. The third-order valence-electron chi connectivity index (χ3n) is 6.96. The topological polar surface area (TPSA) is 92.1 Å². The maximum absolute atomic E-state index is 12.8. The zero-order chi connectivity index (χ0) is 28.1. The lowest BCUT2D eigenvalue weighted by molar-refractivity contribution is -0.113. The number of nitrogens with zero attached hydrogens (tertiary/aromatic N) is 4. The number of hydrogen-bond donors (Lipinski definition) is 2. The number of halogens is 2. The highest BCUT2D eigenvalue weighted by Gasteiger charge is 2.18. The summed E-state index contributed by atoms with van der Waals surface area (Å²) in [5.41, 5.74) is 3.10. The van der Waals surface area contributed by atoms with Gasteiger partial charge in [-0.3, -0.25) is 14.2 Å². The Kier molecular flexibility index (Phi) is 9.41. The van der Waals surface area contributed by atoms with Gasteiger partial charge in [0.2, 0.25) is 10.6 Å². The fraction of sp³-hybridized carbons (Fsp3) is 0.310. The van der Waals surface area contributed by atoms with Crippen LogP contribution in [0, 0.1) is 0 Å². The van der Waals surface area contributed by atoms with Crippen molar-refractivity contribution in [3.8, 4) is 5.69 Å². The van der Waals surface area contributed by atoms with Gasteiger partial charge in [0.1, 0.15) is 0 Å². The molecule has 2 heterocycles. The van der Waals surface area contributed by atoms with Gasteiger partial charge in [-0.25, -0.2) is 0 Å². The zero-order valence-corrected chi connectivity index (χ0v) is 25.3. The SMILES string of the molecule is CCc1ccc(-n2c(Br)nnc2SCC(=O)Nc2ccc(C(=O)NCCN3CCCC3)cc2Cl)c2ccccc12. The van der Waals surface area contributed by atoms with Crippen molar-refractivity contribution in [2.75, 3.05) is 37.2 Å². The molecule has 1 aliphatic heterocycles.